The molecular weight excluding hydrogens is 598 g/mol. The Morgan fingerprint density at radius 2 is 1.62 bits per heavy atom. The molecule has 7 atom stereocenters. The topological polar surface area (TPSA) is 90.5 Å². The van der Waals surface area contributed by atoms with Crippen LogP contribution in [-0.4, -0.2) is 32.8 Å². The molecule has 7 unspecified atom stereocenters. The van der Waals surface area contributed by atoms with Crippen LogP contribution in [0.15, 0.2) is 66.3 Å². The quantitative estimate of drug-likeness (QED) is 0.247. The Kier molecular flexibility index (Phi) is 7.00. The van der Waals surface area contributed by atoms with Gasteiger partial charge >= 0.3 is 0 Å². The number of aromatic nitrogens is 2. The number of imidazole rings is 1. The Morgan fingerprint density at radius 3 is 2.31 bits per heavy atom. The van der Waals surface area contributed by atoms with Gasteiger partial charge in [-0.15, -0.1) is 0 Å². The van der Waals surface area contributed by atoms with Gasteiger partial charge in [-0.3, -0.25) is 19.0 Å². The van der Waals surface area contributed by atoms with Gasteiger partial charge in [0, 0.05) is 28.5 Å². The van der Waals surface area contributed by atoms with Crippen molar-refractivity contribution in [3.05, 3.63) is 89.0 Å². The lowest BCUT2D eigenvalue weighted by atomic mass is 9.34. The summed E-state index contributed by atoms with van der Waals surface area (Å²) in [5.41, 5.74) is -0.853. The molecule has 2 aromatic rings. The van der Waals surface area contributed by atoms with E-state index in [0.29, 0.717) is 24.8 Å². The zero-order valence-electron chi connectivity index (χ0n) is 29.4. The average molecular weight is 646 g/mol. The highest BCUT2D eigenvalue weighted by atomic mass is 16.2. The summed E-state index contributed by atoms with van der Waals surface area (Å²) >= 11 is 0. The van der Waals surface area contributed by atoms with Crippen molar-refractivity contribution < 1.29 is 19.2 Å². The van der Waals surface area contributed by atoms with Crippen LogP contribution in [-0.2, 0) is 9.59 Å². The molecule has 0 aliphatic heterocycles. The first-order valence-electron chi connectivity index (χ1n) is 17.6. The zero-order valence-corrected chi connectivity index (χ0v) is 29.4. The zero-order chi connectivity index (χ0) is 34.7. The van der Waals surface area contributed by atoms with E-state index >= 15 is 0 Å². The highest BCUT2D eigenvalue weighted by Gasteiger charge is 2.70. The molecule has 1 heterocycles. The van der Waals surface area contributed by atoms with Gasteiger partial charge in [0.2, 0.25) is 17.4 Å². The van der Waals surface area contributed by atoms with Crippen LogP contribution in [0.4, 0.5) is 0 Å². The first-order valence-corrected chi connectivity index (χ1v) is 17.6. The maximum atomic E-state index is 14.8. The summed E-state index contributed by atoms with van der Waals surface area (Å²) in [5.74, 6) is -0.849. The molecule has 48 heavy (non-hydrogen) atoms. The number of nitrogens with zero attached hydrogens (tertiary/aromatic N) is 3. The number of hydrogen-bond donors (Lipinski definition) is 0. The fourth-order valence-corrected chi connectivity index (χ4v) is 11.5. The summed E-state index contributed by atoms with van der Waals surface area (Å²) in [7, 11) is 0. The number of rotatable bonds is 3. The van der Waals surface area contributed by atoms with Crippen molar-refractivity contribution in [2.75, 3.05) is 0 Å². The van der Waals surface area contributed by atoms with Crippen molar-refractivity contribution in [1.29, 1.82) is 0 Å². The molecule has 7 rings (SSSR count). The highest BCUT2D eigenvalue weighted by molar-refractivity contribution is 6.08. The molecule has 3 fully saturated rings. The van der Waals surface area contributed by atoms with Crippen molar-refractivity contribution in [2.45, 2.75) is 93.4 Å². The van der Waals surface area contributed by atoms with Gasteiger partial charge in [-0.25, -0.2) is 9.83 Å². The van der Waals surface area contributed by atoms with Gasteiger partial charge in [-0.05, 0) is 79.1 Å². The largest absolute Gasteiger partial charge is 0.307 e. The number of ketones is 3. The molecule has 5 aliphatic carbocycles. The van der Waals surface area contributed by atoms with Crippen LogP contribution in [0.25, 0.3) is 4.85 Å². The highest BCUT2D eigenvalue weighted by Crippen LogP contribution is 2.74. The molecule has 1 aromatic carbocycles. The minimum atomic E-state index is -0.748. The van der Waals surface area contributed by atoms with Crippen LogP contribution in [0.1, 0.15) is 114 Å². The lowest BCUT2D eigenvalue weighted by molar-refractivity contribution is -0.164. The van der Waals surface area contributed by atoms with Crippen molar-refractivity contribution in [3.63, 3.8) is 0 Å². The van der Waals surface area contributed by atoms with Crippen molar-refractivity contribution in [3.8, 4) is 0 Å². The molecule has 7 heteroatoms. The molecule has 250 valence electrons. The summed E-state index contributed by atoms with van der Waals surface area (Å²) in [6.07, 6.45) is 12.2. The van der Waals surface area contributed by atoms with Gasteiger partial charge in [-0.2, -0.15) is 0 Å². The second-order valence-electron chi connectivity index (χ2n) is 17.6. The first kappa shape index (κ1) is 32.6. The monoisotopic (exact) mass is 645 g/mol. The number of carbonyl (C=O) groups is 4. The summed E-state index contributed by atoms with van der Waals surface area (Å²) in [6, 6.07) is 8.97. The van der Waals surface area contributed by atoms with Gasteiger partial charge in [0.05, 0.1) is 12.0 Å². The number of allylic oxidation sites excluding steroid dienone is 4. The molecule has 1 aromatic heterocycles. The van der Waals surface area contributed by atoms with E-state index in [-0.39, 0.29) is 63.2 Å². The van der Waals surface area contributed by atoms with E-state index < -0.39 is 21.7 Å². The average Bonchev–Trinajstić information content (AvgIpc) is 3.54. The summed E-state index contributed by atoms with van der Waals surface area (Å²) in [6.45, 7) is 23.0. The number of fused-ring (bicyclic) bond motifs is 7. The Bertz CT molecular complexity index is 1870. The first-order chi connectivity index (χ1) is 22.4. The number of carbonyl (C=O) groups excluding carboxylic acids is 4. The SMILES string of the molecule is [C-]#[N+]C1=CC2(C)C3=CC(=O)C4C5CC(C)(C)CCC5(C(=O)n5cnc(C(=O)c6ccccc6)c5)CCC4(C)C3(C)CCC2C(C)(C)C1=O. The lowest BCUT2D eigenvalue weighted by Gasteiger charge is -2.69. The van der Waals surface area contributed by atoms with Crippen molar-refractivity contribution >= 4 is 23.3 Å². The van der Waals surface area contributed by atoms with E-state index in [0.717, 1.165) is 31.3 Å². The van der Waals surface area contributed by atoms with Crippen LogP contribution >= 0.6 is 0 Å². The normalized spacial score (nSPS) is 37.8. The molecule has 0 saturated heterocycles. The van der Waals surface area contributed by atoms with Crippen molar-refractivity contribution in [2.24, 2.45) is 50.2 Å². The minimum absolute atomic E-state index is 0.0119. The molecule has 0 spiro atoms. The Labute approximate surface area is 284 Å². The van der Waals surface area contributed by atoms with E-state index in [1.165, 1.54) is 10.9 Å². The maximum absolute atomic E-state index is 14.8. The predicted molar refractivity (Wildman–Crippen MR) is 183 cm³/mol. The van der Waals surface area contributed by atoms with Gasteiger partial charge in [-0.1, -0.05) is 90.4 Å². The third-order valence-electron chi connectivity index (χ3n) is 14.4. The Morgan fingerprint density at radius 1 is 0.938 bits per heavy atom. The summed E-state index contributed by atoms with van der Waals surface area (Å²) in [4.78, 5) is 64.3. The van der Waals surface area contributed by atoms with Gasteiger partial charge < -0.3 is 4.79 Å². The predicted octanol–water partition coefficient (Wildman–Crippen LogP) is 8.33. The summed E-state index contributed by atoms with van der Waals surface area (Å²) in [5, 5.41) is 0. The second kappa shape index (κ2) is 10.3. The van der Waals surface area contributed by atoms with Gasteiger partial charge in [0.15, 0.2) is 11.6 Å². The Balaban J connectivity index is 1.32. The maximum Gasteiger partial charge on any atom is 0.238 e. The Hall–Kier alpha value is -3.92. The smallest absolute Gasteiger partial charge is 0.238 e. The lowest BCUT2D eigenvalue weighted by Crippen LogP contribution is -2.66. The van der Waals surface area contributed by atoms with E-state index in [9.17, 15) is 19.2 Å². The van der Waals surface area contributed by atoms with E-state index in [4.69, 9.17) is 6.57 Å². The van der Waals surface area contributed by atoms with Gasteiger partial charge in [0.1, 0.15) is 12.0 Å². The summed E-state index contributed by atoms with van der Waals surface area (Å²) < 4.78 is 1.52. The fraction of sp³-hybridized carbons (Fsp3) is 0.561. The van der Waals surface area contributed by atoms with Crippen LogP contribution < -0.4 is 0 Å². The molecule has 0 amide bonds. The van der Waals surface area contributed by atoms with Crippen LogP contribution in [0.3, 0.4) is 0 Å². The standard InChI is InChI=1S/C41H47N3O4/c1-36(2)16-18-41(35(48)44-23-28(43-24-44)33(46)25-12-10-9-11-13-25)19-17-40(7)32(26(41)21-36)29(45)20-31-38(5)22-27(42-8)34(47)37(3,4)30(38)14-15-39(31,40)6/h9-13,20,22-24,26,30,32H,14-19,21H2,1-7H3. The van der Waals surface area contributed by atoms with Crippen LogP contribution in [0, 0.1) is 56.8 Å². The molecule has 3 saturated carbocycles. The number of benzene rings is 1. The molecular formula is C41H47N3O4. The van der Waals surface area contributed by atoms with Crippen molar-refractivity contribution in [1.82, 2.24) is 9.55 Å². The molecule has 0 bridgehead atoms. The fourth-order valence-electron chi connectivity index (χ4n) is 11.5. The number of hydrogen-bond acceptors (Lipinski definition) is 5. The minimum Gasteiger partial charge on any atom is -0.307 e. The molecule has 0 radical (unpaired) electrons. The van der Waals surface area contributed by atoms with E-state index in [1.807, 2.05) is 44.2 Å². The third kappa shape index (κ3) is 4.20. The second-order valence-corrected chi connectivity index (χ2v) is 17.6. The van der Waals surface area contributed by atoms with Gasteiger partial charge in [0.25, 0.3) is 0 Å². The van der Waals surface area contributed by atoms with Crippen LogP contribution in [0.2, 0.25) is 0 Å². The van der Waals surface area contributed by atoms with Crippen LogP contribution in [0.5, 0.6) is 0 Å². The molecule has 0 N–H and O–H groups in total. The number of Topliss-reactive ketones (excluding diaryl/α,β-unsaturated/α-hetero) is 1. The van der Waals surface area contributed by atoms with E-state index in [1.54, 1.807) is 18.3 Å². The molecule has 7 nitrogen and oxygen atoms in total. The third-order valence-corrected chi connectivity index (χ3v) is 14.4. The van der Waals surface area contributed by atoms with E-state index in [2.05, 4.69) is 44.4 Å². The molecule has 5 aliphatic rings.